The molecule has 1 unspecified atom stereocenters. The van der Waals surface area contributed by atoms with Gasteiger partial charge in [0.15, 0.2) is 5.78 Å². The quantitative estimate of drug-likeness (QED) is 0.665. The molecule has 0 radical (unpaired) electrons. The first-order chi connectivity index (χ1) is 6.02. The molecule has 0 aromatic carbocycles. The van der Waals surface area contributed by atoms with E-state index in [4.69, 9.17) is 0 Å². The van der Waals surface area contributed by atoms with E-state index in [1.165, 1.54) is 5.70 Å². The zero-order valence-corrected chi connectivity index (χ0v) is 9.00. The Morgan fingerprint density at radius 1 is 1.31 bits per heavy atom. The van der Waals surface area contributed by atoms with Crippen molar-refractivity contribution in [2.45, 2.75) is 39.7 Å². The number of ketones is 1. The second-order valence-electron chi connectivity index (χ2n) is 4.20. The fraction of sp³-hybridized carbons (Fsp3) is 0.727. The lowest BCUT2D eigenvalue weighted by molar-refractivity contribution is -0.114. The smallest absolute Gasteiger partial charge is 0.157 e. The molecule has 0 heterocycles. The van der Waals surface area contributed by atoms with Gasteiger partial charge in [0.05, 0.1) is 0 Å². The molecule has 2 nitrogen and oxygen atoms in total. The SMILES string of the molecule is CC(C)C(C)N(C)C1=CC(=O)CC1. The standard InChI is InChI=1S/C11H19NO/c1-8(2)9(3)12(4)10-5-6-11(13)7-10/h7-9H,5-6H2,1-4H3. The van der Waals surface area contributed by atoms with E-state index in [-0.39, 0.29) is 5.78 Å². The van der Waals surface area contributed by atoms with Crippen LogP contribution in [0.15, 0.2) is 11.8 Å². The topological polar surface area (TPSA) is 20.3 Å². The van der Waals surface area contributed by atoms with Gasteiger partial charge in [-0.15, -0.1) is 0 Å². The van der Waals surface area contributed by atoms with Crippen LogP contribution in [0.25, 0.3) is 0 Å². The minimum Gasteiger partial charge on any atom is -0.375 e. The van der Waals surface area contributed by atoms with Gasteiger partial charge in [-0.1, -0.05) is 13.8 Å². The van der Waals surface area contributed by atoms with Crippen molar-refractivity contribution in [3.63, 3.8) is 0 Å². The minimum absolute atomic E-state index is 0.276. The normalized spacial score (nSPS) is 19.2. The second kappa shape index (κ2) is 3.95. The molecule has 0 saturated heterocycles. The van der Waals surface area contributed by atoms with E-state index < -0.39 is 0 Å². The van der Waals surface area contributed by atoms with Gasteiger partial charge in [0, 0.05) is 31.3 Å². The zero-order valence-electron chi connectivity index (χ0n) is 9.00. The predicted molar refractivity (Wildman–Crippen MR) is 54.4 cm³/mol. The minimum atomic E-state index is 0.276. The van der Waals surface area contributed by atoms with Gasteiger partial charge < -0.3 is 4.90 Å². The predicted octanol–water partition coefficient (Wildman–Crippen LogP) is 2.21. The van der Waals surface area contributed by atoms with Crippen LogP contribution in [-0.4, -0.2) is 23.8 Å². The summed E-state index contributed by atoms with van der Waals surface area (Å²) in [6.07, 6.45) is 3.41. The van der Waals surface area contributed by atoms with Crippen molar-refractivity contribution in [2.75, 3.05) is 7.05 Å². The van der Waals surface area contributed by atoms with Crippen molar-refractivity contribution >= 4 is 5.78 Å². The Kier molecular flexibility index (Phi) is 3.12. The number of carbonyl (C=O) groups excluding carboxylic acids is 1. The molecule has 0 fully saturated rings. The summed E-state index contributed by atoms with van der Waals surface area (Å²) in [5, 5.41) is 0. The Labute approximate surface area is 80.6 Å². The highest BCUT2D eigenvalue weighted by Gasteiger charge is 2.20. The highest BCUT2D eigenvalue weighted by Crippen LogP contribution is 2.22. The Hall–Kier alpha value is -0.790. The van der Waals surface area contributed by atoms with Crippen LogP contribution in [0.2, 0.25) is 0 Å². The molecule has 0 saturated carbocycles. The third kappa shape index (κ3) is 2.33. The molecule has 2 heteroatoms. The van der Waals surface area contributed by atoms with Crippen LogP contribution >= 0.6 is 0 Å². The van der Waals surface area contributed by atoms with Gasteiger partial charge >= 0.3 is 0 Å². The summed E-state index contributed by atoms with van der Waals surface area (Å²) in [6.45, 7) is 6.62. The summed E-state index contributed by atoms with van der Waals surface area (Å²) in [4.78, 5) is 13.3. The van der Waals surface area contributed by atoms with Crippen molar-refractivity contribution in [2.24, 2.45) is 5.92 Å². The van der Waals surface area contributed by atoms with Gasteiger partial charge in [-0.2, -0.15) is 0 Å². The summed E-state index contributed by atoms with van der Waals surface area (Å²) in [7, 11) is 2.08. The number of nitrogens with zero attached hydrogens (tertiary/aromatic N) is 1. The van der Waals surface area contributed by atoms with Gasteiger partial charge in [0.1, 0.15) is 0 Å². The largest absolute Gasteiger partial charge is 0.375 e. The average molecular weight is 181 g/mol. The lowest BCUT2D eigenvalue weighted by atomic mass is 10.0. The molecular weight excluding hydrogens is 162 g/mol. The van der Waals surface area contributed by atoms with Gasteiger partial charge in [-0.25, -0.2) is 0 Å². The van der Waals surface area contributed by atoms with Crippen LogP contribution < -0.4 is 0 Å². The van der Waals surface area contributed by atoms with Crippen molar-refractivity contribution in [3.8, 4) is 0 Å². The van der Waals surface area contributed by atoms with Crippen molar-refractivity contribution < 1.29 is 4.79 Å². The molecule has 1 rings (SSSR count). The lowest BCUT2D eigenvalue weighted by Crippen LogP contribution is -2.32. The van der Waals surface area contributed by atoms with Gasteiger partial charge in [-0.3, -0.25) is 4.79 Å². The Morgan fingerprint density at radius 3 is 2.31 bits per heavy atom. The maximum atomic E-state index is 11.0. The van der Waals surface area contributed by atoms with Crippen LogP contribution in [0.4, 0.5) is 0 Å². The molecule has 1 aliphatic rings. The van der Waals surface area contributed by atoms with Crippen LogP contribution in [0.5, 0.6) is 0 Å². The molecule has 0 aromatic heterocycles. The third-order valence-electron chi connectivity index (χ3n) is 2.98. The molecule has 1 atom stereocenters. The van der Waals surface area contributed by atoms with Crippen LogP contribution in [0.3, 0.4) is 0 Å². The molecule has 0 bridgehead atoms. The first-order valence-electron chi connectivity index (χ1n) is 4.98. The Bertz CT molecular complexity index is 230. The van der Waals surface area contributed by atoms with Crippen LogP contribution in [0, 0.1) is 5.92 Å². The monoisotopic (exact) mass is 181 g/mol. The number of allylic oxidation sites excluding steroid dienone is 2. The summed E-state index contributed by atoms with van der Waals surface area (Å²) in [5.74, 6) is 0.902. The summed E-state index contributed by atoms with van der Waals surface area (Å²) in [5.41, 5.74) is 1.20. The fourth-order valence-electron chi connectivity index (χ4n) is 1.57. The van der Waals surface area contributed by atoms with E-state index >= 15 is 0 Å². The van der Waals surface area contributed by atoms with Crippen molar-refractivity contribution in [1.29, 1.82) is 0 Å². The Morgan fingerprint density at radius 2 is 1.92 bits per heavy atom. The van der Waals surface area contributed by atoms with Crippen molar-refractivity contribution in [3.05, 3.63) is 11.8 Å². The van der Waals surface area contributed by atoms with Crippen molar-refractivity contribution in [1.82, 2.24) is 4.90 Å². The van der Waals surface area contributed by atoms with E-state index in [0.29, 0.717) is 18.4 Å². The van der Waals surface area contributed by atoms with E-state index in [1.807, 2.05) is 0 Å². The second-order valence-corrected chi connectivity index (χ2v) is 4.20. The van der Waals surface area contributed by atoms with E-state index in [1.54, 1.807) is 6.08 Å². The highest BCUT2D eigenvalue weighted by molar-refractivity contribution is 5.92. The molecule has 0 amide bonds. The number of carbonyl (C=O) groups is 1. The van der Waals surface area contributed by atoms with Crippen LogP contribution in [0.1, 0.15) is 33.6 Å². The van der Waals surface area contributed by atoms with Gasteiger partial charge in [-0.05, 0) is 19.3 Å². The van der Waals surface area contributed by atoms with E-state index in [9.17, 15) is 4.79 Å². The highest BCUT2D eigenvalue weighted by atomic mass is 16.1. The fourth-order valence-corrected chi connectivity index (χ4v) is 1.57. The maximum Gasteiger partial charge on any atom is 0.157 e. The maximum absolute atomic E-state index is 11.0. The molecule has 13 heavy (non-hydrogen) atoms. The Balaban J connectivity index is 2.62. The number of hydrogen-bond acceptors (Lipinski definition) is 2. The molecule has 74 valence electrons. The third-order valence-corrected chi connectivity index (χ3v) is 2.98. The molecular formula is C11H19NO. The molecule has 0 aromatic rings. The lowest BCUT2D eigenvalue weighted by Gasteiger charge is -2.30. The zero-order chi connectivity index (χ0) is 10.0. The first-order valence-corrected chi connectivity index (χ1v) is 4.98. The molecule has 1 aliphatic carbocycles. The first kappa shape index (κ1) is 10.3. The summed E-state index contributed by atoms with van der Waals surface area (Å²) < 4.78 is 0. The molecule has 0 aliphatic heterocycles. The summed E-state index contributed by atoms with van der Waals surface area (Å²) in [6, 6.07) is 0.511. The molecule has 0 spiro atoms. The molecule has 0 N–H and O–H groups in total. The average Bonchev–Trinajstić information content (AvgIpc) is 2.49. The van der Waals surface area contributed by atoms with Gasteiger partial charge in [0.25, 0.3) is 0 Å². The van der Waals surface area contributed by atoms with E-state index in [0.717, 1.165) is 6.42 Å². The van der Waals surface area contributed by atoms with E-state index in [2.05, 4.69) is 32.7 Å². The summed E-state index contributed by atoms with van der Waals surface area (Å²) >= 11 is 0. The number of rotatable bonds is 3. The van der Waals surface area contributed by atoms with Crippen LogP contribution in [-0.2, 0) is 4.79 Å². The van der Waals surface area contributed by atoms with Gasteiger partial charge in [0.2, 0.25) is 0 Å². The number of hydrogen-bond donors (Lipinski definition) is 0.